The lowest BCUT2D eigenvalue weighted by molar-refractivity contribution is -0.664. The summed E-state index contributed by atoms with van der Waals surface area (Å²) < 4.78 is 6.07. The summed E-state index contributed by atoms with van der Waals surface area (Å²) in [6, 6.07) is 13.5. The Bertz CT molecular complexity index is 1040. The Labute approximate surface area is 176 Å². The van der Waals surface area contributed by atoms with Crippen molar-refractivity contribution >= 4 is 11.1 Å². The van der Waals surface area contributed by atoms with Gasteiger partial charge in [0.15, 0.2) is 5.58 Å². The van der Waals surface area contributed by atoms with Crippen LogP contribution < -0.4 is 10.6 Å². The van der Waals surface area contributed by atoms with E-state index in [4.69, 9.17) is 4.42 Å². The Morgan fingerprint density at radius 1 is 1.23 bits per heavy atom. The molecule has 4 N–H and O–H groups in total. The van der Waals surface area contributed by atoms with Gasteiger partial charge < -0.3 is 14.8 Å². The van der Waals surface area contributed by atoms with E-state index in [0.29, 0.717) is 22.9 Å². The normalized spacial score (nSPS) is 16.1. The van der Waals surface area contributed by atoms with Gasteiger partial charge in [0.05, 0.1) is 24.7 Å². The number of hydrogen-bond donors (Lipinski definition) is 3. The van der Waals surface area contributed by atoms with E-state index in [0.717, 1.165) is 28.8 Å². The minimum absolute atomic E-state index is 0.229. The Balaban J connectivity index is 1.51. The summed E-state index contributed by atoms with van der Waals surface area (Å²) in [6.07, 6.45) is 1.71. The monoisotopic (exact) mass is 405 g/mol. The molecule has 0 spiro atoms. The molecule has 1 fully saturated rings. The first-order valence-corrected chi connectivity index (χ1v) is 10.7. The largest absolute Gasteiger partial charge is 0.436 e. The quantitative estimate of drug-likeness (QED) is 0.548. The molecule has 3 aromatic rings. The number of benzene rings is 2. The number of aromatic nitrogens is 1. The van der Waals surface area contributed by atoms with Crippen LogP contribution in [0.15, 0.2) is 40.8 Å². The summed E-state index contributed by atoms with van der Waals surface area (Å²) in [5, 5.41) is 25.4. The fraction of sp³-hybridized carbons (Fsp3) is 0.417. The minimum Gasteiger partial charge on any atom is -0.436 e. The topological polar surface area (TPSA) is 98.7 Å². The lowest BCUT2D eigenvalue weighted by Crippen LogP contribution is -2.86. The molecule has 30 heavy (non-hydrogen) atoms. The van der Waals surface area contributed by atoms with Gasteiger partial charge in [0, 0.05) is 30.5 Å². The average Bonchev–Trinajstić information content (AvgIpc) is 3.21. The molecule has 1 aromatic heterocycles. The van der Waals surface area contributed by atoms with Crippen molar-refractivity contribution in [3.63, 3.8) is 0 Å². The standard InChI is InChI=1S/C24H28N4O2/c1-15(2)20-11-17(13-25)12-21-22(20)30-24(28-21)19-5-3-18(4-6-19)23(29)27-14-16-7-9-26-10-8-16/h3-6,11-12,15-16,23,26-27,29H,7-10,14H2,1-2H3/p+1. The fourth-order valence-corrected chi connectivity index (χ4v) is 4.08. The molecular formula is C24H29N4O2+. The number of nitrogens with zero attached hydrogens (tertiary/aromatic N) is 2. The number of quaternary nitrogens is 1. The summed E-state index contributed by atoms with van der Waals surface area (Å²) in [5.74, 6) is 1.39. The van der Waals surface area contributed by atoms with Gasteiger partial charge in [-0.05, 0) is 41.7 Å². The van der Waals surface area contributed by atoms with Crippen molar-refractivity contribution in [2.75, 3.05) is 19.6 Å². The summed E-state index contributed by atoms with van der Waals surface area (Å²) >= 11 is 0. The number of nitrogens with two attached hydrogens (primary N) is 1. The molecule has 1 saturated heterocycles. The van der Waals surface area contributed by atoms with Crippen molar-refractivity contribution in [3.8, 4) is 17.5 Å². The van der Waals surface area contributed by atoms with Gasteiger partial charge in [-0.15, -0.1) is 0 Å². The number of aliphatic hydroxyl groups is 1. The highest BCUT2D eigenvalue weighted by atomic mass is 16.3. The first-order chi connectivity index (χ1) is 14.5. The number of rotatable bonds is 6. The number of oxazole rings is 1. The predicted octanol–water partition coefficient (Wildman–Crippen LogP) is 3.04. The molecule has 156 valence electrons. The van der Waals surface area contributed by atoms with Gasteiger partial charge in [-0.1, -0.05) is 26.0 Å². The van der Waals surface area contributed by atoms with Crippen molar-refractivity contribution in [1.29, 1.82) is 5.26 Å². The zero-order valence-electron chi connectivity index (χ0n) is 17.6. The number of piperidine rings is 1. The molecule has 2 aromatic carbocycles. The van der Waals surface area contributed by atoms with Crippen LogP contribution in [-0.2, 0) is 0 Å². The van der Waals surface area contributed by atoms with Crippen LogP contribution in [-0.4, -0.2) is 29.7 Å². The van der Waals surface area contributed by atoms with Crippen LogP contribution >= 0.6 is 0 Å². The van der Waals surface area contributed by atoms with Crippen LogP contribution in [0, 0.1) is 17.2 Å². The second kappa shape index (κ2) is 8.97. The lowest BCUT2D eigenvalue weighted by atomic mass is 9.98. The molecule has 0 bridgehead atoms. The molecule has 1 aliphatic heterocycles. The van der Waals surface area contributed by atoms with Crippen LogP contribution in [0.1, 0.15) is 55.5 Å². The third-order valence-corrected chi connectivity index (χ3v) is 5.90. The molecular weight excluding hydrogens is 376 g/mol. The van der Waals surface area contributed by atoms with E-state index in [1.54, 1.807) is 6.07 Å². The van der Waals surface area contributed by atoms with Crippen molar-refractivity contribution in [3.05, 3.63) is 53.1 Å². The van der Waals surface area contributed by atoms with E-state index in [-0.39, 0.29) is 5.92 Å². The van der Waals surface area contributed by atoms with E-state index in [2.05, 4.69) is 35.5 Å². The van der Waals surface area contributed by atoms with Crippen molar-refractivity contribution in [2.45, 2.75) is 38.8 Å². The van der Waals surface area contributed by atoms with Crippen LogP contribution in [0.2, 0.25) is 0 Å². The zero-order valence-corrected chi connectivity index (χ0v) is 17.6. The molecule has 0 amide bonds. The molecule has 1 atom stereocenters. The highest BCUT2D eigenvalue weighted by Crippen LogP contribution is 2.31. The lowest BCUT2D eigenvalue weighted by Gasteiger charge is -2.22. The second-order valence-electron chi connectivity index (χ2n) is 8.44. The van der Waals surface area contributed by atoms with Crippen LogP contribution in [0.3, 0.4) is 0 Å². The molecule has 0 aliphatic carbocycles. The molecule has 6 heteroatoms. The Hall–Kier alpha value is -2.72. The molecule has 1 unspecified atom stereocenters. The summed E-state index contributed by atoms with van der Waals surface area (Å²) in [6.45, 7) is 7.34. The third-order valence-electron chi connectivity index (χ3n) is 5.90. The number of nitrogens with one attached hydrogen (secondary N) is 1. The fourth-order valence-electron chi connectivity index (χ4n) is 4.08. The Morgan fingerprint density at radius 2 is 1.97 bits per heavy atom. The molecule has 0 radical (unpaired) electrons. The number of nitriles is 1. The highest BCUT2D eigenvalue weighted by Gasteiger charge is 2.18. The number of aliphatic hydroxyl groups excluding tert-OH is 1. The van der Waals surface area contributed by atoms with E-state index >= 15 is 0 Å². The van der Waals surface area contributed by atoms with E-state index in [9.17, 15) is 10.4 Å². The van der Waals surface area contributed by atoms with Crippen molar-refractivity contribution in [2.24, 2.45) is 5.92 Å². The third kappa shape index (κ3) is 4.39. The molecule has 2 heterocycles. The number of hydrogen-bond acceptors (Lipinski definition) is 5. The van der Waals surface area contributed by atoms with E-state index in [1.165, 1.54) is 25.9 Å². The SMILES string of the molecule is CC(C)c1cc(C#N)cc2nc(-c3ccc(C(O)NCC4CC[NH2+]CC4)cc3)oc12. The minimum atomic E-state index is -0.681. The van der Waals surface area contributed by atoms with Crippen LogP contribution in [0.5, 0.6) is 0 Å². The Kier molecular flexibility index (Phi) is 6.14. The Morgan fingerprint density at radius 3 is 2.63 bits per heavy atom. The van der Waals surface area contributed by atoms with Crippen LogP contribution in [0.4, 0.5) is 0 Å². The van der Waals surface area contributed by atoms with Gasteiger partial charge >= 0.3 is 0 Å². The second-order valence-corrected chi connectivity index (χ2v) is 8.44. The van der Waals surface area contributed by atoms with E-state index < -0.39 is 6.23 Å². The maximum atomic E-state index is 10.5. The molecule has 0 saturated carbocycles. The molecule has 1 aliphatic rings. The van der Waals surface area contributed by atoms with Gasteiger partial charge in [-0.3, -0.25) is 5.32 Å². The number of fused-ring (bicyclic) bond motifs is 1. The van der Waals surface area contributed by atoms with Gasteiger partial charge in [0.1, 0.15) is 11.7 Å². The van der Waals surface area contributed by atoms with Crippen LogP contribution in [0.25, 0.3) is 22.6 Å². The zero-order chi connectivity index (χ0) is 21.1. The summed E-state index contributed by atoms with van der Waals surface area (Å²) in [4.78, 5) is 4.61. The first-order valence-electron chi connectivity index (χ1n) is 10.7. The molecule has 4 rings (SSSR count). The highest BCUT2D eigenvalue weighted by molar-refractivity contribution is 5.81. The summed E-state index contributed by atoms with van der Waals surface area (Å²) in [7, 11) is 0. The maximum absolute atomic E-state index is 10.5. The van der Waals surface area contributed by atoms with Crippen molar-refractivity contribution in [1.82, 2.24) is 10.3 Å². The van der Waals surface area contributed by atoms with Crippen molar-refractivity contribution < 1.29 is 14.8 Å². The first kappa shape index (κ1) is 20.5. The maximum Gasteiger partial charge on any atom is 0.227 e. The predicted molar refractivity (Wildman–Crippen MR) is 116 cm³/mol. The van der Waals surface area contributed by atoms with Gasteiger partial charge in [-0.2, -0.15) is 5.26 Å². The average molecular weight is 406 g/mol. The van der Waals surface area contributed by atoms with E-state index in [1.807, 2.05) is 30.3 Å². The van der Waals surface area contributed by atoms with Gasteiger partial charge in [0.2, 0.25) is 5.89 Å². The smallest absolute Gasteiger partial charge is 0.227 e. The molecule has 6 nitrogen and oxygen atoms in total. The summed E-state index contributed by atoms with van der Waals surface area (Å²) in [5.41, 5.74) is 4.67. The van der Waals surface area contributed by atoms with Gasteiger partial charge in [0.25, 0.3) is 0 Å². The van der Waals surface area contributed by atoms with Gasteiger partial charge in [-0.25, -0.2) is 4.98 Å².